The first kappa shape index (κ1) is 100. The van der Waals surface area contributed by atoms with Gasteiger partial charge in [-0.2, -0.15) is 0 Å². The van der Waals surface area contributed by atoms with Crippen LogP contribution in [-0.4, -0.2) is 96.7 Å². The number of aliphatic hydroxyl groups is 1. The number of carbonyl (C=O) groups is 4. The molecule has 0 aliphatic heterocycles. The van der Waals surface area contributed by atoms with Crippen LogP contribution >= 0.6 is 15.6 Å². The van der Waals surface area contributed by atoms with Gasteiger partial charge < -0.3 is 33.8 Å². The average Bonchev–Trinajstić information content (AvgIpc) is 0.901. The molecule has 0 saturated carbocycles. The van der Waals surface area contributed by atoms with Gasteiger partial charge >= 0.3 is 39.5 Å². The van der Waals surface area contributed by atoms with Gasteiger partial charge in [-0.3, -0.25) is 37.3 Å². The van der Waals surface area contributed by atoms with Gasteiger partial charge in [0.25, 0.3) is 0 Å². The number of carbonyl (C=O) groups excluding carboxylic acids is 4. The molecule has 0 amide bonds. The van der Waals surface area contributed by atoms with Crippen LogP contribution in [0.25, 0.3) is 0 Å². The molecule has 0 bridgehead atoms. The highest BCUT2D eigenvalue weighted by Gasteiger charge is 2.30. The van der Waals surface area contributed by atoms with Crippen molar-refractivity contribution in [2.45, 2.75) is 316 Å². The normalized spacial score (nSPS) is 14.7. The zero-order chi connectivity index (χ0) is 77.4. The lowest BCUT2D eigenvalue weighted by Gasteiger charge is -2.21. The van der Waals surface area contributed by atoms with Crippen LogP contribution in [0, 0.1) is 0 Å². The van der Waals surface area contributed by atoms with Gasteiger partial charge in [0.2, 0.25) is 0 Å². The Morgan fingerprint density at radius 2 is 0.509 bits per heavy atom. The smallest absolute Gasteiger partial charge is 0.462 e. The maximum absolute atomic E-state index is 13.1. The lowest BCUT2D eigenvalue weighted by atomic mass is 10.1. The van der Waals surface area contributed by atoms with Crippen LogP contribution in [0.4, 0.5) is 0 Å². The Hall–Kier alpha value is -5.58. The van der Waals surface area contributed by atoms with Crippen molar-refractivity contribution in [1.82, 2.24) is 0 Å². The lowest BCUT2D eigenvalue weighted by Crippen LogP contribution is -2.30. The largest absolute Gasteiger partial charge is 0.472 e. The summed E-state index contributed by atoms with van der Waals surface area (Å²) < 4.78 is 68.5. The fourth-order valence-corrected chi connectivity index (χ4v) is 11.7. The van der Waals surface area contributed by atoms with E-state index in [0.29, 0.717) is 32.1 Å². The molecule has 17 nitrogen and oxygen atoms in total. The summed E-state index contributed by atoms with van der Waals surface area (Å²) in [5, 5.41) is 10.6. The molecule has 0 aromatic rings. The monoisotopic (exact) mass is 1520 g/mol. The fourth-order valence-electron chi connectivity index (χ4n) is 10.2. The topological polar surface area (TPSA) is 237 Å². The number of rotatable bonds is 74. The van der Waals surface area contributed by atoms with Crippen molar-refractivity contribution < 1.29 is 80.2 Å². The molecule has 0 fully saturated rings. The van der Waals surface area contributed by atoms with Crippen LogP contribution < -0.4 is 0 Å². The van der Waals surface area contributed by atoms with Crippen molar-refractivity contribution in [1.29, 1.82) is 0 Å². The van der Waals surface area contributed by atoms with E-state index in [1.54, 1.807) is 0 Å². The summed E-state index contributed by atoms with van der Waals surface area (Å²) >= 11 is 0. The molecule has 19 heteroatoms. The Labute approximate surface area is 642 Å². The van der Waals surface area contributed by atoms with E-state index >= 15 is 0 Å². The van der Waals surface area contributed by atoms with Gasteiger partial charge in [-0.15, -0.1) is 0 Å². The van der Waals surface area contributed by atoms with Gasteiger partial charge in [-0.05, 0) is 141 Å². The number of unbranched alkanes of at least 4 members (excludes halogenated alkanes) is 20. The molecule has 3 N–H and O–H groups in total. The number of allylic oxidation sites excluding steroid dienone is 28. The average molecular weight is 1520 g/mol. The third-order valence-corrected chi connectivity index (χ3v) is 18.1. The van der Waals surface area contributed by atoms with Gasteiger partial charge in [0.05, 0.1) is 26.4 Å². The first-order chi connectivity index (χ1) is 51.7. The second kappa shape index (κ2) is 77.6. The van der Waals surface area contributed by atoms with E-state index in [1.165, 1.54) is 38.5 Å². The van der Waals surface area contributed by atoms with E-state index in [1.807, 2.05) is 18.2 Å². The molecule has 106 heavy (non-hydrogen) atoms. The van der Waals surface area contributed by atoms with Gasteiger partial charge in [0.15, 0.2) is 12.2 Å². The minimum Gasteiger partial charge on any atom is -0.462 e. The second-order valence-electron chi connectivity index (χ2n) is 26.2. The van der Waals surface area contributed by atoms with Crippen molar-refractivity contribution in [2.75, 3.05) is 39.6 Å². The molecule has 0 aliphatic rings. The lowest BCUT2D eigenvalue weighted by molar-refractivity contribution is -0.161. The van der Waals surface area contributed by atoms with Crippen LogP contribution in [0.3, 0.4) is 0 Å². The van der Waals surface area contributed by atoms with Gasteiger partial charge in [0.1, 0.15) is 19.3 Å². The zero-order valence-corrected chi connectivity index (χ0v) is 67.6. The van der Waals surface area contributed by atoms with Crippen molar-refractivity contribution in [3.63, 3.8) is 0 Å². The minimum absolute atomic E-state index is 0.0324. The number of esters is 4. The summed E-state index contributed by atoms with van der Waals surface area (Å²) in [6, 6.07) is 0. The van der Waals surface area contributed by atoms with E-state index in [-0.39, 0.29) is 25.7 Å². The minimum atomic E-state index is -5.00. The van der Waals surface area contributed by atoms with Crippen LogP contribution in [0.15, 0.2) is 170 Å². The van der Waals surface area contributed by atoms with E-state index in [0.717, 1.165) is 173 Å². The fraction of sp³-hybridized carbons (Fsp3) is 0.632. The number of ether oxygens (including phenoxy) is 4. The van der Waals surface area contributed by atoms with Crippen LogP contribution in [0.1, 0.15) is 297 Å². The maximum Gasteiger partial charge on any atom is 0.472 e. The summed E-state index contributed by atoms with van der Waals surface area (Å²) in [6.45, 7) is 4.39. The summed E-state index contributed by atoms with van der Waals surface area (Å²) in [7, 11) is -10.00. The second-order valence-corrected chi connectivity index (χ2v) is 29.1. The Balaban J connectivity index is 5.44. The van der Waals surface area contributed by atoms with E-state index in [4.69, 9.17) is 37.0 Å². The zero-order valence-electron chi connectivity index (χ0n) is 65.8. The molecule has 0 radical (unpaired) electrons. The SMILES string of the molecule is CC/C=C\C/C=C\C/C=C\C/C=C\C/C=C\C/C=C\CCC(=O)OCC(COP(=O)(O)OCC(O)COP(=O)(O)OCC(COC(=O)CCCCCCCC/C=C\C/C=C\C/C=C\C/C=C\CC)OC(=O)CCCCCC/C=C\C/C=C\C/C=C\C/C=C\CC)OC(=O)CCCCCCCCCCCCC. The van der Waals surface area contributed by atoms with Crippen LogP contribution in [0.2, 0.25) is 0 Å². The Kier molecular flexibility index (Phi) is 73.5. The Morgan fingerprint density at radius 3 is 0.811 bits per heavy atom. The molecule has 602 valence electrons. The van der Waals surface area contributed by atoms with E-state index in [2.05, 4.69) is 180 Å². The van der Waals surface area contributed by atoms with Crippen molar-refractivity contribution >= 4 is 39.5 Å². The summed E-state index contributed by atoms with van der Waals surface area (Å²) in [6.07, 6.45) is 92.0. The molecule has 0 spiro atoms. The highest BCUT2D eigenvalue weighted by atomic mass is 31.2. The van der Waals surface area contributed by atoms with Crippen molar-refractivity contribution in [3.8, 4) is 0 Å². The molecule has 0 rings (SSSR count). The summed E-state index contributed by atoms with van der Waals surface area (Å²) in [4.78, 5) is 73.0. The Morgan fingerprint density at radius 1 is 0.274 bits per heavy atom. The summed E-state index contributed by atoms with van der Waals surface area (Å²) in [5.41, 5.74) is 0. The first-order valence-corrected chi connectivity index (χ1v) is 43.4. The highest BCUT2D eigenvalue weighted by Crippen LogP contribution is 2.45. The molecular formula is C87H142O17P2. The first-order valence-electron chi connectivity index (χ1n) is 40.4. The maximum atomic E-state index is 13.1. The molecular weight excluding hydrogens is 1380 g/mol. The molecule has 0 heterocycles. The number of phosphoric acid groups is 2. The number of hydrogen-bond donors (Lipinski definition) is 3. The predicted octanol–water partition coefficient (Wildman–Crippen LogP) is 23.8. The molecule has 0 saturated heterocycles. The highest BCUT2D eigenvalue weighted by molar-refractivity contribution is 7.47. The van der Waals surface area contributed by atoms with Crippen molar-refractivity contribution in [3.05, 3.63) is 170 Å². The summed E-state index contributed by atoms with van der Waals surface area (Å²) in [5.74, 6) is -2.32. The van der Waals surface area contributed by atoms with E-state index in [9.17, 15) is 43.2 Å². The molecule has 5 unspecified atom stereocenters. The van der Waals surface area contributed by atoms with Crippen LogP contribution in [0.5, 0.6) is 0 Å². The number of hydrogen-bond acceptors (Lipinski definition) is 15. The molecule has 0 aromatic heterocycles. The van der Waals surface area contributed by atoms with Crippen molar-refractivity contribution in [2.24, 2.45) is 0 Å². The predicted molar refractivity (Wildman–Crippen MR) is 436 cm³/mol. The third kappa shape index (κ3) is 76.6. The standard InChI is InChI=1S/C87H142O17P2/c1-5-9-13-17-21-25-29-32-35-38-40-43-45-48-52-55-59-63-67-71-84(89)97-77-82(103-86(91)73-69-65-61-57-51-28-24-20-16-12-8-4)79-101-105(93,94)99-75-81(88)76-100-106(95,96)102-80-83(104-87(92)74-70-66-62-58-54-50-47-42-37-34-31-27-23-19-15-11-7-3)78-98-85(90)72-68-64-60-56-53-49-46-44-41-39-36-33-30-26-22-18-14-10-6-2/h9-11,13-15,21-23,25-27,32-37,40-41,43-44,47-48,50,52,59,63,81-83,88H,5-8,12,16-20,24,28-31,38-39,42,45-46,49,51,53-58,60-62,64-80H2,1-4H3,(H,93,94)(H,95,96)/b13-9-,14-10-,15-11-,25-21-,26-22-,27-23-,35-32-,36-33-,37-34-,43-40-,44-41-,50-47-,52-48-,63-59-. The number of aliphatic hydroxyl groups excluding tert-OH is 1. The number of phosphoric ester groups is 2. The van der Waals surface area contributed by atoms with Gasteiger partial charge in [0, 0.05) is 25.7 Å². The molecule has 0 aromatic carbocycles. The van der Waals surface area contributed by atoms with E-state index < -0.39 is 97.5 Å². The molecule has 5 atom stereocenters. The Bertz CT molecular complexity index is 2680. The van der Waals surface area contributed by atoms with Gasteiger partial charge in [-0.1, -0.05) is 301 Å². The van der Waals surface area contributed by atoms with Gasteiger partial charge in [-0.25, -0.2) is 9.13 Å². The third-order valence-electron chi connectivity index (χ3n) is 16.2. The molecule has 0 aliphatic carbocycles. The van der Waals surface area contributed by atoms with Crippen LogP contribution in [-0.2, 0) is 65.4 Å². The quantitative estimate of drug-likeness (QED) is 0.0169.